The second-order valence-electron chi connectivity index (χ2n) is 4.27. The van der Waals surface area contributed by atoms with Gasteiger partial charge in [0.1, 0.15) is 5.82 Å². The van der Waals surface area contributed by atoms with Crippen molar-refractivity contribution < 1.29 is 9.18 Å². The smallest absolute Gasteiger partial charge is 0.256 e. The molecule has 0 radical (unpaired) electrons. The molecule has 2 rings (SSSR count). The van der Waals surface area contributed by atoms with E-state index < -0.39 is 5.82 Å². The molecule has 2 aromatic rings. The molecule has 0 heterocycles. The Labute approximate surface area is 132 Å². The van der Waals surface area contributed by atoms with E-state index in [1.165, 1.54) is 18.2 Å². The van der Waals surface area contributed by atoms with Gasteiger partial charge >= 0.3 is 0 Å². The summed E-state index contributed by atoms with van der Waals surface area (Å²) in [7, 11) is 0. The first-order chi connectivity index (χ1) is 9.38. The van der Waals surface area contributed by atoms with Gasteiger partial charge in [0.05, 0.1) is 11.3 Å². The Balaban J connectivity index is 2.30. The molecule has 2 aromatic carbocycles. The maximum Gasteiger partial charge on any atom is 0.256 e. The minimum Gasteiger partial charge on any atom is -0.398 e. The van der Waals surface area contributed by atoms with Gasteiger partial charge in [0.25, 0.3) is 5.91 Å². The van der Waals surface area contributed by atoms with Crippen LogP contribution in [0.25, 0.3) is 0 Å². The van der Waals surface area contributed by atoms with Crippen molar-refractivity contribution in [2.75, 3.05) is 11.1 Å². The van der Waals surface area contributed by atoms with Crippen LogP contribution in [0.5, 0.6) is 0 Å². The third-order valence-electron chi connectivity index (χ3n) is 2.78. The number of amides is 1. The maximum atomic E-state index is 13.0. The van der Waals surface area contributed by atoms with E-state index >= 15 is 0 Å². The van der Waals surface area contributed by atoms with Crippen molar-refractivity contribution in [2.24, 2.45) is 0 Å². The Morgan fingerprint density at radius 1 is 1.20 bits per heavy atom. The summed E-state index contributed by atoms with van der Waals surface area (Å²) in [5.74, 6) is -0.755. The summed E-state index contributed by atoms with van der Waals surface area (Å²) in [6.07, 6.45) is 0. The average Bonchev–Trinajstić information content (AvgIpc) is 2.35. The third-order valence-corrected chi connectivity index (χ3v) is 4.09. The topological polar surface area (TPSA) is 55.1 Å². The highest BCUT2D eigenvalue weighted by molar-refractivity contribution is 9.11. The monoisotopic (exact) mass is 400 g/mol. The molecule has 0 fully saturated rings. The van der Waals surface area contributed by atoms with E-state index in [4.69, 9.17) is 5.73 Å². The fourth-order valence-electron chi connectivity index (χ4n) is 1.65. The van der Waals surface area contributed by atoms with Crippen molar-refractivity contribution in [3.05, 3.63) is 56.2 Å². The number of hydrogen-bond donors (Lipinski definition) is 2. The second-order valence-corrected chi connectivity index (χ2v) is 5.98. The molecule has 0 bridgehead atoms. The first-order valence-electron chi connectivity index (χ1n) is 5.70. The molecular formula is C14H11Br2FN2O. The third kappa shape index (κ3) is 3.19. The average molecular weight is 402 g/mol. The Bertz CT molecular complexity index is 689. The Hall–Kier alpha value is -1.40. The molecule has 0 aliphatic heterocycles. The number of aryl methyl sites for hydroxylation is 1. The van der Waals surface area contributed by atoms with Gasteiger partial charge in [-0.15, -0.1) is 0 Å². The van der Waals surface area contributed by atoms with Crippen LogP contribution in [0, 0.1) is 12.7 Å². The number of carbonyl (C=O) groups excluding carboxylic acids is 1. The van der Waals surface area contributed by atoms with Gasteiger partial charge in [-0.3, -0.25) is 4.79 Å². The van der Waals surface area contributed by atoms with Crippen molar-refractivity contribution in [1.29, 1.82) is 0 Å². The standard InChI is InChI=1S/C14H11Br2FN2O/c1-7-4-11(16)13(6-12(7)18)19-14(20)9-3-2-8(17)5-10(9)15/h2-6H,18H2,1H3,(H,19,20). The molecule has 104 valence electrons. The van der Waals surface area contributed by atoms with Gasteiger partial charge in [-0.1, -0.05) is 0 Å². The van der Waals surface area contributed by atoms with Crippen molar-refractivity contribution in [3.63, 3.8) is 0 Å². The lowest BCUT2D eigenvalue weighted by molar-refractivity contribution is 0.102. The summed E-state index contributed by atoms with van der Waals surface area (Å²) < 4.78 is 14.1. The number of anilines is 2. The zero-order valence-corrected chi connectivity index (χ0v) is 13.7. The lowest BCUT2D eigenvalue weighted by Crippen LogP contribution is -2.13. The van der Waals surface area contributed by atoms with Crippen LogP contribution < -0.4 is 11.1 Å². The first-order valence-corrected chi connectivity index (χ1v) is 7.29. The number of halogens is 3. The summed E-state index contributed by atoms with van der Waals surface area (Å²) in [6.45, 7) is 1.88. The second kappa shape index (κ2) is 5.93. The van der Waals surface area contributed by atoms with E-state index in [1.54, 1.807) is 6.07 Å². The minimum atomic E-state index is -0.408. The zero-order chi connectivity index (χ0) is 14.9. The molecule has 0 spiro atoms. The van der Waals surface area contributed by atoms with Gasteiger partial charge in [-0.05, 0) is 74.7 Å². The van der Waals surface area contributed by atoms with Gasteiger partial charge in [0.15, 0.2) is 0 Å². The summed E-state index contributed by atoms with van der Waals surface area (Å²) in [5, 5.41) is 2.74. The fraction of sp³-hybridized carbons (Fsp3) is 0.0714. The highest BCUT2D eigenvalue weighted by atomic mass is 79.9. The van der Waals surface area contributed by atoms with Crippen LogP contribution in [-0.2, 0) is 0 Å². The largest absolute Gasteiger partial charge is 0.398 e. The van der Waals surface area contributed by atoms with Crippen LogP contribution in [-0.4, -0.2) is 5.91 Å². The molecule has 0 aliphatic rings. The van der Waals surface area contributed by atoms with Crippen LogP contribution in [0.1, 0.15) is 15.9 Å². The van der Waals surface area contributed by atoms with E-state index in [2.05, 4.69) is 37.2 Å². The van der Waals surface area contributed by atoms with Crippen molar-refractivity contribution in [1.82, 2.24) is 0 Å². The fourth-order valence-corrected chi connectivity index (χ4v) is 2.74. The Kier molecular flexibility index (Phi) is 4.45. The number of hydrogen-bond acceptors (Lipinski definition) is 2. The van der Waals surface area contributed by atoms with Crippen LogP contribution in [0.4, 0.5) is 15.8 Å². The molecule has 0 saturated heterocycles. The number of carbonyl (C=O) groups is 1. The summed E-state index contributed by atoms with van der Waals surface area (Å²) in [4.78, 5) is 12.2. The van der Waals surface area contributed by atoms with Crippen molar-refractivity contribution in [3.8, 4) is 0 Å². The molecule has 0 saturated carbocycles. The molecular weight excluding hydrogens is 391 g/mol. The van der Waals surface area contributed by atoms with E-state index in [0.717, 1.165) is 10.0 Å². The normalized spacial score (nSPS) is 10.4. The van der Waals surface area contributed by atoms with E-state index in [9.17, 15) is 9.18 Å². The zero-order valence-electron chi connectivity index (χ0n) is 10.5. The molecule has 0 aliphatic carbocycles. The molecule has 3 N–H and O–H groups in total. The first kappa shape index (κ1) is 15.0. The van der Waals surface area contributed by atoms with Gasteiger partial charge in [-0.2, -0.15) is 0 Å². The number of benzene rings is 2. The lowest BCUT2D eigenvalue weighted by atomic mass is 10.1. The van der Waals surface area contributed by atoms with Gasteiger partial charge in [-0.25, -0.2) is 4.39 Å². The molecule has 1 amide bonds. The van der Waals surface area contributed by atoms with Crippen LogP contribution in [0.3, 0.4) is 0 Å². The van der Waals surface area contributed by atoms with Gasteiger partial charge in [0, 0.05) is 14.6 Å². The summed E-state index contributed by atoms with van der Waals surface area (Å²) >= 11 is 6.54. The molecule has 3 nitrogen and oxygen atoms in total. The predicted molar refractivity (Wildman–Crippen MR) is 85.3 cm³/mol. The Morgan fingerprint density at radius 2 is 1.90 bits per heavy atom. The van der Waals surface area contributed by atoms with Crippen molar-refractivity contribution in [2.45, 2.75) is 6.92 Å². The molecule has 0 aromatic heterocycles. The highest BCUT2D eigenvalue weighted by Crippen LogP contribution is 2.29. The van der Waals surface area contributed by atoms with Gasteiger partial charge < -0.3 is 11.1 Å². The van der Waals surface area contributed by atoms with Crippen LogP contribution in [0.2, 0.25) is 0 Å². The SMILES string of the molecule is Cc1cc(Br)c(NC(=O)c2ccc(F)cc2Br)cc1N. The number of nitrogen functional groups attached to an aromatic ring is 1. The minimum absolute atomic E-state index is 0.345. The van der Waals surface area contributed by atoms with Crippen molar-refractivity contribution >= 4 is 49.1 Å². The quantitative estimate of drug-likeness (QED) is 0.728. The number of nitrogens with two attached hydrogens (primary N) is 1. The highest BCUT2D eigenvalue weighted by Gasteiger charge is 2.13. The summed E-state index contributed by atoms with van der Waals surface area (Å²) in [6, 6.07) is 7.39. The van der Waals surface area contributed by atoms with E-state index in [0.29, 0.717) is 21.4 Å². The summed E-state index contributed by atoms with van der Waals surface area (Å²) in [5.41, 5.74) is 8.23. The number of rotatable bonds is 2. The van der Waals surface area contributed by atoms with E-state index in [1.807, 2.05) is 13.0 Å². The Morgan fingerprint density at radius 3 is 2.55 bits per heavy atom. The maximum absolute atomic E-state index is 13.0. The van der Waals surface area contributed by atoms with Crippen LogP contribution in [0.15, 0.2) is 39.3 Å². The molecule has 6 heteroatoms. The predicted octanol–water partition coefficient (Wildman–Crippen LogP) is 4.49. The van der Waals surface area contributed by atoms with E-state index in [-0.39, 0.29) is 5.91 Å². The number of nitrogens with one attached hydrogen (secondary N) is 1. The van der Waals surface area contributed by atoms with Crippen LogP contribution >= 0.6 is 31.9 Å². The molecule has 0 unspecified atom stereocenters. The lowest BCUT2D eigenvalue weighted by Gasteiger charge is -2.11. The van der Waals surface area contributed by atoms with Gasteiger partial charge in [0.2, 0.25) is 0 Å². The molecule has 20 heavy (non-hydrogen) atoms. The molecule has 0 atom stereocenters.